The second-order valence-corrected chi connectivity index (χ2v) is 7.20. The Kier molecular flexibility index (Phi) is 5.05. The molecule has 3 heterocycles. The number of benzene rings is 1. The average Bonchev–Trinajstić information content (AvgIpc) is 3.22. The van der Waals surface area contributed by atoms with Crippen LogP contribution in [-0.4, -0.2) is 38.2 Å². The number of aryl methyl sites for hydroxylation is 1. The Labute approximate surface area is 158 Å². The number of rotatable bonds is 5. The van der Waals surface area contributed by atoms with Crippen molar-refractivity contribution in [3.8, 4) is 0 Å². The lowest BCUT2D eigenvalue weighted by Crippen LogP contribution is -2.41. The number of fused-ring (bicyclic) bond motifs is 1. The van der Waals surface area contributed by atoms with E-state index in [0.717, 1.165) is 49.8 Å². The Bertz CT molecular complexity index is 969. The first-order valence-electron chi connectivity index (χ1n) is 9.54. The standard InChI is InChI=1S/C21H24N4O2/c26-20-7-6-18-4-1-2-5-19(18)25(20)16-21(27)23-13-8-17(9-14-23)10-15-24-12-3-11-22-24/h1-7,11-12,17H,8-10,13-16H2. The highest BCUT2D eigenvalue weighted by atomic mass is 16.2. The van der Waals surface area contributed by atoms with Gasteiger partial charge in [0.15, 0.2) is 0 Å². The highest BCUT2D eigenvalue weighted by Crippen LogP contribution is 2.21. The average molecular weight is 364 g/mol. The molecule has 27 heavy (non-hydrogen) atoms. The van der Waals surface area contributed by atoms with Crippen LogP contribution in [0.2, 0.25) is 0 Å². The summed E-state index contributed by atoms with van der Waals surface area (Å²) in [4.78, 5) is 27.0. The summed E-state index contributed by atoms with van der Waals surface area (Å²) in [7, 11) is 0. The van der Waals surface area contributed by atoms with Gasteiger partial charge >= 0.3 is 0 Å². The largest absolute Gasteiger partial charge is 0.341 e. The van der Waals surface area contributed by atoms with Gasteiger partial charge in [-0.2, -0.15) is 5.10 Å². The molecule has 0 bridgehead atoms. The zero-order valence-electron chi connectivity index (χ0n) is 15.3. The monoisotopic (exact) mass is 364 g/mol. The minimum atomic E-state index is -0.129. The molecular formula is C21H24N4O2. The molecule has 6 nitrogen and oxygen atoms in total. The quantitative estimate of drug-likeness (QED) is 0.699. The summed E-state index contributed by atoms with van der Waals surface area (Å²) in [5, 5.41) is 5.22. The van der Waals surface area contributed by atoms with E-state index >= 15 is 0 Å². The van der Waals surface area contributed by atoms with Gasteiger partial charge in [-0.1, -0.05) is 18.2 Å². The van der Waals surface area contributed by atoms with Crippen molar-refractivity contribution in [3.05, 3.63) is 65.2 Å². The first-order valence-corrected chi connectivity index (χ1v) is 9.54. The van der Waals surface area contributed by atoms with Crippen LogP contribution in [0, 0.1) is 5.92 Å². The van der Waals surface area contributed by atoms with Gasteiger partial charge in [-0.15, -0.1) is 0 Å². The minimum Gasteiger partial charge on any atom is -0.341 e. The molecule has 4 rings (SSSR count). The zero-order valence-corrected chi connectivity index (χ0v) is 15.3. The molecule has 0 atom stereocenters. The van der Waals surface area contributed by atoms with E-state index in [4.69, 9.17) is 0 Å². The summed E-state index contributed by atoms with van der Waals surface area (Å²) in [6.07, 6.45) is 6.90. The molecule has 1 saturated heterocycles. The predicted molar refractivity (Wildman–Crippen MR) is 104 cm³/mol. The maximum absolute atomic E-state index is 12.8. The fraction of sp³-hybridized carbons (Fsp3) is 0.381. The van der Waals surface area contributed by atoms with Gasteiger partial charge in [0.2, 0.25) is 5.91 Å². The molecule has 0 N–H and O–H groups in total. The first-order chi connectivity index (χ1) is 13.2. The lowest BCUT2D eigenvalue weighted by atomic mass is 9.93. The predicted octanol–water partition coefficient (Wildman–Crippen LogP) is 2.53. The van der Waals surface area contributed by atoms with E-state index in [1.54, 1.807) is 10.8 Å². The summed E-state index contributed by atoms with van der Waals surface area (Å²) in [6, 6.07) is 13.0. The zero-order chi connectivity index (χ0) is 18.6. The maximum atomic E-state index is 12.8. The third-order valence-corrected chi connectivity index (χ3v) is 5.49. The Morgan fingerprint density at radius 2 is 1.89 bits per heavy atom. The van der Waals surface area contributed by atoms with Crippen molar-refractivity contribution in [2.45, 2.75) is 32.4 Å². The summed E-state index contributed by atoms with van der Waals surface area (Å²) < 4.78 is 3.55. The number of carbonyl (C=O) groups excluding carboxylic acids is 1. The van der Waals surface area contributed by atoms with Crippen molar-refractivity contribution in [1.29, 1.82) is 0 Å². The van der Waals surface area contributed by atoms with Crippen molar-refractivity contribution in [1.82, 2.24) is 19.2 Å². The molecule has 1 aliphatic rings. The van der Waals surface area contributed by atoms with Gasteiger partial charge < -0.3 is 4.90 Å². The Hall–Kier alpha value is -2.89. The number of piperidine rings is 1. The van der Waals surface area contributed by atoms with Crippen LogP contribution in [0.25, 0.3) is 10.9 Å². The first kappa shape index (κ1) is 17.5. The van der Waals surface area contributed by atoms with E-state index in [-0.39, 0.29) is 18.0 Å². The molecule has 1 amide bonds. The van der Waals surface area contributed by atoms with Crippen molar-refractivity contribution >= 4 is 16.8 Å². The lowest BCUT2D eigenvalue weighted by molar-refractivity contribution is -0.133. The third kappa shape index (κ3) is 3.94. The molecule has 0 spiro atoms. The smallest absolute Gasteiger partial charge is 0.251 e. The van der Waals surface area contributed by atoms with Crippen molar-refractivity contribution in [2.24, 2.45) is 5.92 Å². The van der Waals surface area contributed by atoms with Gasteiger partial charge in [-0.05, 0) is 48.8 Å². The molecule has 0 aliphatic carbocycles. The van der Waals surface area contributed by atoms with E-state index in [1.807, 2.05) is 52.2 Å². The molecule has 1 fully saturated rings. The van der Waals surface area contributed by atoms with Crippen molar-refractivity contribution < 1.29 is 4.79 Å². The van der Waals surface area contributed by atoms with Crippen LogP contribution in [0.3, 0.4) is 0 Å². The van der Waals surface area contributed by atoms with Gasteiger partial charge in [0, 0.05) is 38.1 Å². The Morgan fingerprint density at radius 1 is 1.07 bits per heavy atom. The lowest BCUT2D eigenvalue weighted by Gasteiger charge is -2.32. The van der Waals surface area contributed by atoms with Crippen LogP contribution in [0.15, 0.2) is 59.7 Å². The van der Waals surface area contributed by atoms with Gasteiger partial charge in [0.05, 0.1) is 5.52 Å². The SMILES string of the molecule is O=C(Cn1c(=O)ccc2ccccc21)N1CCC(CCn2cccn2)CC1. The van der Waals surface area contributed by atoms with E-state index in [9.17, 15) is 9.59 Å². The van der Waals surface area contributed by atoms with Crippen LogP contribution in [0.1, 0.15) is 19.3 Å². The normalized spacial score (nSPS) is 15.3. The van der Waals surface area contributed by atoms with E-state index in [2.05, 4.69) is 5.10 Å². The topological polar surface area (TPSA) is 60.1 Å². The van der Waals surface area contributed by atoms with Crippen LogP contribution in [0.5, 0.6) is 0 Å². The Morgan fingerprint density at radius 3 is 2.67 bits per heavy atom. The molecule has 3 aromatic rings. The second kappa shape index (κ2) is 7.78. The minimum absolute atomic E-state index is 0.0268. The van der Waals surface area contributed by atoms with Crippen LogP contribution >= 0.6 is 0 Å². The fourth-order valence-electron chi connectivity index (χ4n) is 3.86. The second-order valence-electron chi connectivity index (χ2n) is 7.20. The van der Waals surface area contributed by atoms with Crippen LogP contribution in [0.4, 0.5) is 0 Å². The van der Waals surface area contributed by atoms with E-state index < -0.39 is 0 Å². The molecule has 0 saturated carbocycles. The molecular weight excluding hydrogens is 340 g/mol. The Balaban J connectivity index is 1.36. The number of pyridine rings is 1. The molecule has 140 valence electrons. The third-order valence-electron chi connectivity index (χ3n) is 5.49. The number of nitrogens with zero attached hydrogens (tertiary/aromatic N) is 4. The number of para-hydroxylation sites is 1. The number of hydrogen-bond acceptors (Lipinski definition) is 3. The van der Waals surface area contributed by atoms with Gasteiger partial charge in [0.25, 0.3) is 5.56 Å². The highest BCUT2D eigenvalue weighted by molar-refractivity contribution is 5.82. The highest BCUT2D eigenvalue weighted by Gasteiger charge is 2.23. The van der Waals surface area contributed by atoms with Crippen molar-refractivity contribution in [2.75, 3.05) is 13.1 Å². The number of likely N-dealkylation sites (tertiary alicyclic amines) is 1. The van der Waals surface area contributed by atoms with E-state index in [1.165, 1.54) is 6.07 Å². The van der Waals surface area contributed by atoms with E-state index in [0.29, 0.717) is 5.92 Å². The number of hydrogen-bond donors (Lipinski definition) is 0. The summed E-state index contributed by atoms with van der Waals surface area (Å²) in [5.41, 5.74) is 0.684. The summed E-state index contributed by atoms with van der Waals surface area (Å²) >= 11 is 0. The van der Waals surface area contributed by atoms with Crippen molar-refractivity contribution in [3.63, 3.8) is 0 Å². The molecule has 2 aromatic heterocycles. The summed E-state index contributed by atoms with van der Waals surface area (Å²) in [5.74, 6) is 0.650. The van der Waals surface area contributed by atoms with Gasteiger partial charge in [-0.25, -0.2) is 0 Å². The fourth-order valence-corrected chi connectivity index (χ4v) is 3.86. The van der Waals surface area contributed by atoms with Gasteiger partial charge in [-0.3, -0.25) is 18.8 Å². The molecule has 0 radical (unpaired) electrons. The molecule has 0 unspecified atom stereocenters. The molecule has 1 aromatic carbocycles. The van der Waals surface area contributed by atoms with Gasteiger partial charge in [0.1, 0.15) is 6.54 Å². The summed E-state index contributed by atoms with van der Waals surface area (Å²) in [6.45, 7) is 2.57. The van der Waals surface area contributed by atoms with Crippen LogP contribution < -0.4 is 5.56 Å². The molecule has 6 heteroatoms. The number of aromatic nitrogens is 3. The van der Waals surface area contributed by atoms with Crippen LogP contribution in [-0.2, 0) is 17.9 Å². The molecule has 1 aliphatic heterocycles. The number of carbonyl (C=O) groups is 1. The maximum Gasteiger partial charge on any atom is 0.251 e. The number of amides is 1.